The van der Waals surface area contributed by atoms with Crippen molar-refractivity contribution in [2.24, 2.45) is 7.05 Å². The van der Waals surface area contributed by atoms with Gasteiger partial charge in [0.25, 0.3) is 0 Å². The SMILES string of the molecule is [C-]#[N+]C1CCC(Nc2cc(Cl)c3ncn(C)c3n2)CC1. The molecule has 1 aliphatic carbocycles. The minimum absolute atomic E-state index is 0.198. The van der Waals surface area contributed by atoms with Crippen LogP contribution in [0.5, 0.6) is 0 Å². The number of imidazole rings is 1. The van der Waals surface area contributed by atoms with Crippen molar-refractivity contribution < 1.29 is 0 Å². The molecule has 20 heavy (non-hydrogen) atoms. The Hall–Kier alpha value is -1.80. The van der Waals surface area contributed by atoms with Gasteiger partial charge in [0, 0.05) is 32.0 Å². The predicted octanol–water partition coefficient (Wildman–Crippen LogP) is 3.26. The topological polar surface area (TPSA) is 47.1 Å². The highest BCUT2D eigenvalue weighted by atomic mass is 35.5. The van der Waals surface area contributed by atoms with Gasteiger partial charge in [-0.25, -0.2) is 16.5 Å². The fourth-order valence-corrected chi connectivity index (χ4v) is 2.93. The number of rotatable bonds is 2. The average molecular weight is 290 g/mol. The second-order valence-electron chi connectivity index (χ2n) is 5.30. The van der Waals surface area contributed by atoms with E-state index < -0.39 is 0 Å². The molecule has 0 aromatic carbocycles. The van der Waals surface area contributed by atoms with Gasteiger partial charge in [-0.05, 0) is 12.8 Å². The first kappa shape index (κ1) is 13.2. The minimum Gasteiger partial charge on any atom is -0.367 e. The van der Waals surface area contributed by atoms with E-state index >= 15 is 0 Å². The zero-order valence-corrected chi connectivity index (χ0v) is 12.1. The van der Waals surface area contributed by atoms with Gasteiger partial charge in [-0.15, -0.1) is 0 Å². The molecule has 0 atom stereocenters. The van der Waals surface area contributed by atoms with Crippen LogP contribution in [0.2, 0.25) is 5.02 Å². The van der Waals surface area contributed by atoms with Crippen molar-refractivity contribution in [3.8, 4) is 0 Å². The third-order valence-corrected chi connectivity index (χ3v) is 4.14. The van der Waals surface area contributed by atoms with Gasteiger partial charge in [-0.2, -0.15) is 0 Å². The Balaban J connectivity index is 1.78. The van der Waals surface area contributed by atoms with Crippen LogP contribution in [-0.2, 0) is 7.05 Å². The van der Waals surface area contributed by atoms with Gasteiger partial charge < -0.3 is 14.7 Å². The number of hydrogen-bond acceptors (Lipinski definition) is 3. The summed E-state index contributed by atoms with van der Waals surface area (Å²) < 4.78 is 1.86. The fraction of sp³-hybridized carbons (Fsp3) is 0.500. The molecule has 2 heterocycles. The molecule has 6 heteroatoms. The second-order valence-corrected chi connectivity index (χ2v) is 5.70. The van der Waals surface area contributed by atoms with E-state index in [0.29, 0.717) is 11.1 Å². The summed E-state index contributed by atoms with van der Waals surface area (Å²) in [6.07, 6.45) is 5.66. The molecule has 1 aliphatic rings. The van der Waals surface area contributed by atoms with E-state index in [4.69, 9.17) is 18.2 Å². The van der Waals surface area contributed by atoms with Gasteiger partial charge in [-0.3, -0.25) is 0 Å². The summed E-state index contributed by atoms with van der Waals surface area (Å²) >= 11 is 6.24. The molecule has 2 aromatic rings. The molecule has 3 rings (SSSR count). The Kier molecular flexibility index (Phi) is 3.49. The minimum atomic E-state index is 0.198. The molecule has 0 bridgehead atoms. The van der Waals surface area contributed by atoms with Crippen LogP contribution in [-0.4, -0.2) is 26.6 Å². The first-order valence-corrected chi connectivity index (χ1v) is 7.16. The Labute approximate surface area is 122 Å². The van der Waals surface area contributed by atoms with Gasteiger partial charge in [0.1, 0.15) is 11.3 Å². The third-order valence-electron chi connectivity index (χ3n) is 3.85. The van der Waals surface area contributed by atoms with Gasteiger partial charge >= 0.3 is 0 Å². The maximum atomic E-state index is 7.07. The zero-order chi connectivity index (χ0) is 14.1. The highest BCUT2D eigenvalue weighted by Gasteiger charge is 2.24. The van der Waals surface area contributed by atoms with Gasteiger partial charge in [-0.1, -0.05) is 11.6 Å². The molecule has 2 aromatic heterocycles. The lowest BCUT2D eigenvalue weighted by Gasteiger charge is -2.24. The monoisotopic (exact) mass is 289 g/mol. The largest absolute Gasteiger partial charge is 0.367 e. The molecule has 0 amide bonds. The van der Waals surface area contributed by atoms with E-state index in [0.717, 1.165) is 42.7 Å². The summed E-state index contributed by atoms with van der Waals surface area (Å²) in [7, 11) is 1.91. The zero-order valence-electron chi connectivity index (χ0n) is 11.3. The molecule has 0 aliphatic heterocycles. The maximum absolute atomic E-state index is 7.07. The van der Waals surface area contributed by atoms with E-state index in [2.05, 4.69) is 20.1 Å². The number of anilines is 1. The van der Waals surface area contributed by atoms with Crippen LogP contribution in [0, 0.1) is 6.57 Å². The van der Waals surface area contributed by atoms with Crippen molar-refractivity contribution >= 4 is 28.6 Å². The molecule has 0 spiro atoms. The van der Waals surface area contributed by atoms with Crippen LogP contribution in [0.1, 0.15) is 25.7 Å². The summed E-state index contributed by atoms with van der Waals surface area (Å²) in [5.74, 6) is 0.789. The highest BCUT2D eigenvalue weighted by molar-refractivity contribution is 6.35. The molecular formula is C14H16ClN5. The van der Waals surface area contributed by atoms with Crippen LogP contribution >= 0.6 is 11.6 Å². The second kappa shape index (κ2) is 5.29. The fourth-order valence-electron chi connectivity index (χ4n) is 2.69. The van der Waals surface area contributed by atoms with Crippen LogP contribution in [0.25, 0.3) is 16.0 Å². The first-order valence-electron chi connectivity index (χ1n) is 6.78. The summed E-state index contributed by atoms with van der Waals surface area (Å²) in [6.45, 7) is 7.07. The lowest BCUT2D eigenvalue weighted by atomic mass is 9.92. The van der Waals surface area contributed by atoms with Gasteiger partial charge in [0.15, 0.2) is 5.65 Å². The van der Waals surface area contributed by atoms with Crippen molar-refractivity contribution in [1.82, 2.24) is 14.5 Å². The number of hydrogen-bond donors (Lipinski definition) is 1. The van der Waals surface area contributed by atoms with Gasteiger partial charge in [0.05, 0.1) is 11.3 Å². The summed E-state index contributed by atoms with van der Waals surface area (Å²) in [6, 6.07) is 2.41. The number of nitrogens with zero attached hydrogens (tertiary/aromatic N) is 4. The third kappa shape index (κ3) is 2.44. The molecule has 0 radical (unpaired) electrons. The smallest absolute Gasteiger partial charge is 0.223 e. The number of pyridine rings is 1. The van der Waals surface area contributed by atoms with Crippen LogP contribution < -0.4 is 5.32 Å². The number of halogens is 1. The van der Waals surface area contributed by atoms with Crippen LogP contribution in [0.3, 0.4) is 0 Å². The summed E-state index contributed by atoms with van der Waals surface area (Å²) in [5, 5.41) is 4.05. The van der Waals surface area contributed by atoms with Gasteiger partial charge in [0.2, 0.25) is 6.04 Å². The Morgan fingerprint density at radius 1 is 1.40 bits per heavy atom. The Morgan fingerprint density at radius 2 is 2.15 bits per heavy atom. The number of aromatic nitrogens is 3. The quantitative estimate of drug-likeness (QED) is 0.863. The lowest BCUT2D eigenvalue weighted by Crippen LogP contribution is -2.27. The average Bonchev–Trinajstić information content (AvgIpc) is 2.82. The van der Waals surface area contributed by atoms with Crippen LogP contribution in [0.4, 0.5) is 5.82 Å². The summed E-state index contributed by atoms with van der Waals surface area (Å²) in [4.78, 5) is 12.4. The number of nitrogens with one attached hydrogen (secondary N) is 1. The van der Waals surface area contributed by atoms with E-state index in [9.17, 15) is 0 Å². The first-order chi connectivity index (χ1) is 9.67. The molecule has 1 fully saturated rings. The van der Waals surface area contributed by atoms with E-state index in [1.807, 2.05) is 17.7 Å². The van der Waals surface area contributed by atoms with E-state index in [1.54, 1.807) is 6.33 Å². The highest BCUT2D eigenvalue weighted by Crippen LogP contribution is 2.27. The van der Waals surface area contributed by atoms with Crippen molar-refractivity contribution in [3.05, 3.63) is 28.8 Å². The molecule has 104 valence electrons. The van der Waals surface area contributed by atoms with Crippen molar-refractivity contribution in [3.63, 3.8) is 0 Å². The number of aryl methyl sites for hydroxylation is 1. The Morgan fingerprint density at radius 3 is 2.85 bits per heavy atom. The Bertz CT molecular complexity index is 664. The summed E-state index contributed by atoms with van der Waals surface area (Å²) in [5.41, 5.74) is 1.52. The van der Waals surface area contributed by atoms with Crippen molar-refractivity contribution in [2.75, 3.05) is 5.32 Å². The standard InChI is InChI=1S/C14H16ClN5/c1-16-9-3-5-10(6-4-9)18-12-7-11(15)13-14(19-12)20(2)8-17-13/h7-10H,3-6H2,2H3,(H,18,19). The van der Waals surface area contributed by atoms with Crippen LogP contribution in [0.15, 0.2) is 12.4 Å². The maximum Gasteiger partial charge on any atom is 0.223 e. The normalized spacial score (nSPS) is 22.6. The molecule has 0 saturated heterocycles. The molecular weight excluding hydrogens is 274 g/mol. The lowest BCUT2D eigenvalue weighted by molar-refractivity contribution is 0.443. The molecule has 0 unspecified atom stereocenters. The van der Waals surface area contributed by atoms with E-state index in [1.165, 1.54) is 0 Å². The molecule has 1 saturated carbocycles. The van der Waals surface area contributed by atoms with Crippen molar-refractivity contribution in [2.45, 2.75) is 37.8 Å². The number of fused-ring (bicyclic) bond motifs is 1. The van der Waals surface area contributed by atoms with E-state index in [-0.39, 0.29) is 6.04 Å². The molecule has 1 N–H and O–H groups in total. The predicted molar refractivity (Wildman–Crippen MR) is 79.8 cm³/mol. The molecule has 5 nitrogen and oxygen atoms in total. The van der Waals surface area contributed by atoms with Crippen molar-refractivity contribution in [1.29, 1.82) is 0 Å².